The predicted molar refractivity (Wildman–Crippen MR) is 145 cm³/mol. The first kappa shape index (κ1) is 39.5. The molecule has 4 fully saturated rings. The molecule has 0 bridgehead atoms. The van der Waals surface area contributed by atoms with Gasteiger partial charge in [-0.25, -0.2) is 0 Å². The van der Waals surface area contributed by atoms with Crippen LogP contribution >= 0.6 is 0 Å². The summed E-state index contributed by atoms with van der Waals surface area (Å²) in [7, 11) is 0. The predicted octanol–water partition coefficient (Wildman–Crippen LogP) is -9.61. The van der Waals surface area contributed by atoms with Crippen LogP contribution in [0.3, 0.4) is 0 Å². The average molecular weight is 708 g/mol. The van der Waals surface area contributed by atoms with Crippen LogP contribution in [0.1, 0.15) is 6.92 Å². The number of aliphatic hydroxyl groups is 13. The van der Waals surface area contributed by atoms with Crippen molar-refractivity contribution in [3.63, 3.8) is 0 Å². The molecule has 0 aromatic rings. The second-order valence-electron chi connectivity index (χ2n) is 11.9. The maximum Gasteiger partial charge on any atom is 0.217 e. The van der Waals surface area contributed by atoms with Gasteiger partial charge < -0.3 is 105 Å². The summed E-state index contributed by atoms with van der Waals surface area (Å²) in [6.45, 7) is -2.30. The Kier molecular flexibility index (Phi) is 13.8. The maximum atomic E-state index is 11.7. The molecule has 0 aromatic heterocycles. The molecule has 1 amide bonds. The number of nitrogens with one attached hydrogen (secondary N) is 1. The zero-order valence-electron chi connectivity index (χ0n) is 25.5. The lowest BCUT2D eigenvalue weighted by Crippen LogP contribution is -2.68. The molecule has 48 heavy (non-hydrogen) atoms. The number of rotatable bonds is 11. The first-order valence-corrected chi connectivity index (χ1v) is 15.1. The monoisotopic (exact) mass is 707 g/mol. The van der Waals surface area contributed by atoms with Crippen molar-refractivity contribution in [2.45, 2.75) is 130 Å². The van der Waals surface area contributed by atoms with Crippen LogP contribution in [0.15, 0.2) is 0 Å². The quantitative estimate of drug-likeness (QED) is 0.0947. The van der Waals surface area contributed by atoms with Crippen molar-refractivity contribution in [1.29, 1.82) is 0 Å². The summed E-state index contributed by atoms with van der Waals surface area (Å²) in [5.74, 6) is -0.673. The van der Waals surface area contributed by atoms with Crippen molar-refractivity contribution in [3.05, 3.63) is 0 Å². The van der Waals surface area contributed by atoms with Crippen molar-refractivity contribution in [3.8, 4) is 0 Å². The van der Waals surface area contributed by atoms with Crippen LogP contribution < -0.4 is 5.32 Å². The van der Waals surface area contributed by atoms with Gasteiger partial charge in [0.15, 0.2) is 25.2 Å². The molecule has 4 rings (SSSR count). The van der Waals surface area contributed by atoms with Crippen molar-refractivity contribution >= 4 is 5.91 Å². The lowest BCUT2D eigenvalue weighted by Gasteiger charge is -2.49. The zero-order chi connectivity index (χ0) is 35.6. The van der Waals surface area contributed by atoms with Gasteiger partial charge in [-0.3, -0.25) is 4.79 Å². The van der Waals surface area contributed by atoms with E-state index in [-0.39, 0.29) is 0 Å². The van der Waals surface area contributed by atoms with E-state index in [2.05, 4.69) is 5.32 Å². The third-order valence-electron chi connectivity index (χ3n) is 8.61. The van der Waals surface area contributed by atoms with E-state index in [1.54, 1.807) is 0 Å². The third-order valence-corrected chi connectivity index (χ3v) is 8.61. The van der Waals surface area contributed by atoms with E-state index in [0.717, 1.165) is 6.92 Å². The first-order valence-electron chi connectivity index (χ1n) is 15.1. The largest absolute Gasteiger partial charge is 0.394 e. The molecule has 4 aliphatic rings. The summed E-state index contributed by atoms with van der Waals surface area (Å²) < 4.78 is 38.2. The summed E-state index contributed by atoms with van der Waals surface area (Å²) in [6, 6.07) is -1.45. The normalized spacial score (nSPS) is 50.2. The standard InChI is InChI=1S/C26H45NO21/c1-6(32)27-11-22(13(34)8(3-29)42-23(11)41)48-26-19(40)16(37)21(10(5-31)45-26)47-25-18(39)15(36)20(9(4-30)44-25)46-24-17(38)14(35)12(33)7(2-28)43-24/h7-26,28-31,33-41H,2-5H2,1H3,(H,27,32)/t7-,8-,9-,10-,11-,12+,13-,14+,15-,16-,17-,18+,19-,20-,21+,22-,23-,24+,25+,26-/m1/s1. The number of hydrogen-bond donors (Lipinski definition) is 14. The molecule has 20 atom stereocenters. The minimum atomic E-state index is -2.03. The van der Waals surface area contributed by atoms with Crippen LogP contribution in [0.5, 0.6) is 0 Å². The minimum Gasteiger partial charge on any atom is -0.394 e. The average Bonchev–Trinajstić information content (AvgIpc) is 3.06. The Morgan fingerprint density at radius 2 is 0.875 bits per heavy atom. The number of aliphatic hydroxyl groups excluding tert-OH is 13. The van der Waals surface area contributed by atoms with Crippen LogP contribution in [0.2, 0.25) is 0 Å². The molecule has 22 heteroatoms. The number of carbonyl (C=O) groups excluding carboxylic acids is 1. The van der Waals surface area contributed by atoms with Crippen molar-refractivity contribution in [2.24, 2.45) is 0 Å². The molecule has 0 aromatic carbocycles. The smallest absolute Gasteiger partial charge is 0.217 e. The van der Waals surface area contributed by atoms with E-state index < -0.39 is 155 Å². The highest BCUT2D eigenvalue weighted by molar-refractivity contribution is 5.73. The van der Waals surface area contributed by atoms with Crippen LogP contribution in [0.25, 0.3) is 0 Å². The van der Waals surface area contributed by atoms with Crippen LogP contribution in [-0.2, 0) is 38.0 Å². The second kappa shape index (κ2) is 16.8. The van der Waals surface area contributed by atoms with E-state index in [1.807, 2.05) is 0 Å². The maximum absolute atomic E-state index is 11.7. The summed E-state index contributed by atoms with van der Waals surface area (Å²) in [5, 5.41) is 136. The topological polar surface area (TPSA) is 357 Å². The molecule has 0 saturated carbocycles. The van der Waals surface area contributed by atoms with Gasteiger partial charge in [0.05, 0.1) is 26.4 Å². The summed E-state index contributed by atoms with van der Waals surface area (Å²) in [4.78, 5) is 11.7. The van der Waals surface area contributed by atoms with Gasteiger partial charge in [0.1, 0.15) is 97.6 Å². The molecule has 22 nitrogen and oxygen atoms in total. The molecular formula is C26H45NO21. The molecule has 0 unspecified atom stereocenters. The van der Waals surface area contributed by atoms with E-state index in [9.17, 15) is 71.2 Å². The van der Waals surface area contributed by atoms with Crippen molar-refractivity contribution in [1.82, 2.24) is 5.32 Å². The van der Waals surface area contributed by atoms with Crippen LogP contribution in [0.4, 0.5) is 0 Å². The Bertz CT molecular complexity index is 1020. The van der Waals surface area contributed by atoms with Crippen molar-refractivity contribution < 1.29 is 104 Å². The first-order chi connectivity index (χ1) is 22.7. The zero-order valence-corrected chi connectivity index (χ0v) is 25.5. The fourth-order valence-corrected chi connectivity index (χ4v) is 5.95. The van der Waals surface area contributed by atoms with Gasteiger partial charge in [-0.05, 0) is 0 Å². The lowest BCUT2D eigenvalue weighted by molar-refractivity contribution is -0.384. The van der Waals surface area contributed by atoms with Gasteiger partial charge in [0.2, 0.25) is 5.91 Å². The molecule has 0 aliphatic carbocycles. The van der Waals surface area contributed by atoms with Gasteiger partial charge in [-0.1, -0.05) is 0 Å². The molecule has 4 aliphatic heterocycles. The van der Waals surface area contributed by atoms with Gasteiger partial charge in [0.25, 0.3) is 0 Å². The van der Waals surface area contributed by atoms with E-state index in [1.165, 1.54) is 0 Å². The minimum absolute atomic E-state index is 0.673. The van der Waals surface area contributed by atoms with Gasteiger partial charge in [-0.2, -0.15) is 0 Å². The number of amides is 1. The molecule has 280 valence electrons. The molecule has 4 heterocycles. The Hall–Kier alpha value is -1.33. The van der Waals surface area contributed by atoms with Gasteiger partial charge in [0, 0.05) is 6.92 Å². The Labute approximate surface area is 272 Å². The van der Waals surface area contributed by atoms with Crippen molar-refractivity contribution in [2.75, 3.05) is 26.4 Å². The number of hydrogen-bond acceptors (Lipinski definition) is 21. The highest BCUT2D eigenvalue weighted by Gasteiger charge is 2.55. The summed E-state index contributed by atoms with van der Waals surface area (Å²) in [5.41, 5.74) is 0. The summed E-state index contributed by atoms with van der Waals surface area (Å²) >= 11 is 0. The van der Waals surface area contributed by atoms with Gasteiger partial charge in [-0.15, -0.1) is 0 Å². The third kappa shape index (κ3) is 8.08. The molecular weight excluding hydrogens is 662 g/mol. The molecule has 0 radical (unpaired) electrons. The molecule has 4 saturated heterocycles. The SMILES string of the molecule is CC(=O)N[C@@H]1[C@@H](O[C@H]2O[C@H](CO)[C@H](O[C@@H]3O[C@H](CO)[C@@H](O[C@@H]4O[C@H](CO)[C@H](O)[C@H](O)[C@H]4O)[C@H](O)[C@@H]3O)[C@H](O)[C@H]2O)[C@H](O)[C@@H](CO)O[C@H]1O. The highest BCUT2D eigenvalue weighted by Crippen LogP contribution is 2.34. The van der Waals surface area contributed by atoms with Gasteiger partial charge >= 0.3 is 0 Å². The fourth-order valence-electron chi connectivity index (χ4n) is 5.95. The lowest BCUT2D eigenvalue weighted by atomic mass is 9.95. The fraction of sp³-hybridized carbons (Fsp3) is 0.962. The Morgan fingerprint density at radius 3 is 1.29 bits per heavy atom. The summed E-state index contributed by atoms with van der Waals surface area (Å²) in [6.07, 6.45) is -33.4. The van der Waals surface area contributed by atoms with Crippen LogP contribution in [0, 0.1) is 0 Å². The van der Waals surface area contributed by atoms with E-state index in [0.29, 0.717) is 0 Å². The second-order valence-corrected chi connectivity index (χ2v) is 11.9. The molecule has 0 spiro atoms. The Morgan fingerprint density at radius 1 is 0.500 bits per heavy atom. The molecule has 14 N–H and O–H groups in total. The number of carbonyl (C=O) groups is 1. The van der Waals surface area contributed by atoms with E-state index >= 15 is 0 Å². The van der Waals surface area contributed by atoms with Crippen LogP contribution in [-0.4, -0.2) is 221 Å². The van der Waals surface area contributed by atoms with E-state index in [4.69, 9.17) is 33.2 Å². The highest BCUT2D eigenvalue weighted by atomic mass is 16.8. The Balaban J connectivity index is 1.46. The number of ether oxygens (including phenoxy) is 7.